The SMILES string of the molecule is CCN(CC(=O)O)C1CC(NS(=O)(=O)c2ccc(Cl)c(F)c2Cl)C1. The number of carboxylic acid groups (broad SMARTS) is 1. The van der Waals surface area contributed by atoms with Crippen LogP contribution >= 0.6 is 23.2 Å². The van der Waals surface area contributed by atoms with E-state index >= 15 is 0 Å². The zero-order valence-corrected chi connectivity index (χ0v) is 15.1. The van der Waals surface area contributed by atoms with Gasteiger partial charge in [0.1, 0.15) is 4.90 Å². The number of carbonyl (C=O) groups is 1. The van der Waals surface area contributed by atoms with Gasteiger partial charge in [-0.3, -0.25) is 9.69 Å². The standard InChI is InChI=1S/C14H17Cl2FN2O4S/c1-2-19(7-12(20)21)9-5-8(6-9)18-24(22,23)11-4-3-10(15)14(17)13(11)16/h3-4,8-9,18H,2,5-7H2,1H3,(H,20,21). The molecule has 0 amide bonds. The molecule has 0 heterocycles. The molecule has 0 aromatic heterocycles. The second kappa shape index (κ2) is 7.53. The Morgan fingerprint density at radius 2 is 2.04 bits per heavy atom. The fourth-order valence-corrected chi connectivity index (χ4v) is 4.66. The predicted molar refractivity (Wildman–Crippen MR) is 88.4 cm³/mol. The molecule has 0 spiro atoms. The van der Waals surface area contributed by atoms with Crippen molar-refractivity contribution in [1.82, 2.24) is 9.62 Å². The van der Waals surface area contributed by atoms with Crippen LogP contribution < -0.4 is 4.72 Å². The number of benzene rings is 1. The van der Waals surface area contributed by atoms with E-state index < -0.39 is 26.8 Å². The first kappa shape index (κ1) is 19.4. The minimum absolute atomic E-state index is 0.00349. The lowest BCUT2D eigenvalue weighted by atomic mass is 9.86. The van der Waals surface area contributed by atoms with E-state index in [1.165, 1.54) is 0 Å². The monoisotopic (exact) mass is 398 g/mol. The summed E-state index contributed by atoms with van der Waals surface area (Å²) in [6, 6.07) is 1.93. The molecule has 24 heavy (non-hydrogen) atoms. The van der Waals surface area contributed by atoms with Gasteiger partial charge in [0.2, 0.25) is 10.0 Å². The van der Waals surface area contributed by atoms with Crippen LogP contribution in [0.15, 0.2) is 17.0 Å². The predicted octanol–water partition coefficient (Wildman–Crippen LogP) is 2.35. The van der Waals surface area contributed by atoms with Crippen molar-refractivity contribution in [3.8, 4) is 0 Å². The quantitative estimate of drug-likeness (QED) is 0.688. The minimum Gasteiger partial charge on any atom is -0.480 e. The van der Waals surface area contributed by atoms with Crippen LogP contribution in [0.3, 0.4) is 0 Å². The van der Waals surface area contributed by atoms with Crippen molar-refractivity contribution in [2.24, 2.45) is 0 Å². The Labute approximate surface area is 149 Å². The van der Waals surface area contributed by atoms with Crippen molar-refractivity contribution in [1.29, 1.82) is 0 Å². The van der Waals surface area contributed by atoms with E-state index in [1.54, 1.807) is 4.90 Å². The molecule has 10 heteroatoms. The summed E-state index contributed by atoms with van der Waals surface area (Å²) in [5, 5.41) is 8.05. The van der Waals surface area contributed by atoms with Crippen molar-refractivity contribution in [3.63, 3.8) is 0 Å². The van der Waals surface area contributed by atoms with Gasteiger partial charge in [0.25, 0.3) is 0 Å². The van der Waals surface area contributed by atoms with Gasteiger partial charge in [-0.05, 0) is 31.5 Å². The number of hydrogen-bond acceptors (Lipinski definition) is 4. The molecule has 1 fully saturated rings. The van der Waals surface area contributed by atoms with Crippen LogP contribution in [-0.2, 0) is 14.8 Å². The Morgan fingerprint density at radius 1 is 1.42 bits per heavy atom. The average molecular weight is 399 g/mol. The Kier molecular flexibility index (Phi) is 6.09. The number of nitrogens with zero attached hydrogens (tertiary/aromatic N) is 1. The van der Waals surface area contributed by atoms with Gasteiger partial charge in [-0.15, -0.1) is 0 Å². The van der Waals surface area contributed by atoms with Gasteiger partial charge < -0.3 is 5.11 Å². The molecule has 6 nitrogen and oxygen atoms in total. The first-order valence-electron chi connectivity index (χ1n) is 7.27. The molecular weight excluding hydrogens is 382 g/mol. The van der Waals surface area contributed by atoms with Gasteiger partial charge in [0.15, 0.2) is 5.82 Å². The smallest absolute Gasteiger partial charge is 0.317 e. The lowest BCUT2D eigenvalue weighted by molar-refractivity contribution is -0.139. The summed E-state index contributed by atoms with van der Waals surface area (Å²) in [6.07, 6.45) is 0.960. The van der Waals surface area contributed by atoms with E-state index in [0.29, 0.717) is 19.4 Å². The van der Waals surface area contributed by atoms with Crippen molar-refractivity contribution < 1.29 is 22.7 Å². The van der Waals surface area contributed by atoms with E-state index in [-0.39, 0.29) is 28.5 Å². The Bertz CT molecular complexity index is 739. The lowest BCUT2D eigenvalue weighted by Gasteiger charge is -2.42. The van der Waals surface area contributed by atoms with Gasteiger partial charge in [-0.2, -0.15) is 0 Å². The second-order valence-electron chi connectivity index (χ2n) is 5.57. The van der Waals surface area contributed by atoms with Crippen molar-refractivity contribution in [3.05, 3.63) is 28.0 Å². The summed E-state index contributed by atoms with van der Waals surface area (Å²) in [5.41, 5.74) is 0. The first-order chi connectivity index (χ1) is 11.2. The maximum absolute atomic E-state index is 13.7. The minimum atomic E-state index is -3.98. The van der Waals surface area contributed by atoms with Gasteiger partial charge in [0.05, 0.1) is 16.6 Å². The van der Waals surface area contributed by atoms with Crippen LogP contribution in [0.4, 0.5) is 4.39 Å². The van der Waals surface area contributed by atoms with Crippen LogP contribution in [0.5, 0.6) is 0 Å². The second-order valence-corrected chi connectivity index (χ2v) is 8.04. The molecule has 134 valence electrons. The summed E-state index contributed by atoms with van der Waals surface area (Å²) >= 11 is 11.3. The molecule has 0 radical (unpaired) electrons. The average Bonchev–Trinajstić information content (AvgIpc) is 2.45. The zero-order valence-electron chi connectivity index (χ0n) is 12.8. The van der Waals surface area contributed by atoms with E-state index in [4.69, 9.17) is 28.3 Å². The molecule has 0 saturated heterocycles. The number of rotatable bonds is 7. The summed E-state index contributed by atoms with van der Waals surface area (Å²) in [6.45, 7) is 2.32. The Hall–Kier alpha value is -0.930. The maximum Gasteiger partial charge on any atom is 0.317 e. The van der Waals surface area contributed by atoms with Gasteiger partial charge >= 0.3 is 5.97 Å². The molecule has 1 aliphatic rings. The summed E-state index contributed by atoms with van der Waals surface area (Å²) in [5.74, 6) is -1.91. The highest BCUT2D eigenvalue weighted by atomic mass is 35.5. The zero-order chi connectivity index (χ0) is 18.1. The van der Waals surface area contributed by atoms with Crippen molar-refractivity contribution >= 4 is 39.2 Å². The normalized spacial score (nSPS) is 20.9. The number of likely N-dealkylation sites (N-methyl/N-ethyl adjacent to an activating group) is 1. The Balaban J connectivity index is 2.03. The van der Waals surface area contributed by atoms with Crippen LogP contribution in [0.1, 0.15) is 19.8 Å². The largest absolute Gasteiger partial charge is 0.480 e. The number of carboxylic acids is 1. The summed E-state index contributed by atoms with van der Waals surface area (Å²) in [7, 11) is -3.98. The third kappa shape index (κ3) is 4.18. The molecular formula is C14H17Cl2FN2O4S. The highest BCUT2D eigenvalue weighted by Crippen LogP contribution is 2.31. The first-order valence-corrected chi connectivity index (χ1v) is 9.51. The fourth-order valence-electron chi connectivity index (χ4n) is 2.65. The van der Waals surface area contributed by atoms with Gasteiger partial charge in [0, 0.05) is 12.1 Å². The van der Waals surface area contributed by atoms with E-state index in [2.05, 4.69) is 4.72 Å². The molecule has 0 unspecified atom stereocenters. The topological polar surface area (TPSA) is 86.7 Å². The number of nitrogens with one attached hydrogen (secondary N) is 1. The summed E-state index contributed by atoms with van der Waals surface area (Å²) < 4.78 is 40.8. The lowest BCUT2D eigenvalue weighted by Crippen LogP contribution is -2.54. The molecule has 0 bridgehead atoms. The van der Waals surface area contributed by atoms with E-state index in [0.717, 1.165) is 12.1 Å². The fraction of sp³-hybridized carbons (Fsp3) is 0.500. The molecule has 1 saturated carbocycles. The third-order valence-corrected chi connectivity index (χ3v) is 6.32. The molecule has 0 atom stereocenters. The van der Waals surface area contributed by atoms with Crippen molar-refractivity contribution in [2.75, 3.05) is 13.1 Å². The number of sulfonamides is 1. The van der Waals surface area contributed by atoms with Crippen LogP contribution in [0.2, 0.25) is 10.0 Å². The molecule has 1 aromatic rings. The Morgan fingerprint density at radius 3 is 2.58 bits per heavy atom. The number of aliphatic carboxylic acids is 1. The van der Waals surface area contributed by atoms with E-state index in [9.17, 15) is 17.6 Å². The van der Waals surface area contributed by atoms with Gasteiger partial charge in [-0.1, -0.05) is 30.1 Å². The van der Waals surface area contributed by atoms with Crippen molar-refractivity contribution in [2.45, 2.75) is 36.7 Å². The summed E-state index contributed by atoms with van der Waals surface area (Å²) in [4.78, 5) is 12.2. The van der Waals surface area contributed by atoms with Crippen LogP contribution in [0.25, 0.3) is 0 Å². The maximum atomic E-state index is 13.7. The van der Waals surface area contributed by atoms with Crippen LogP contribution in [0, 0.1) is 5.82 Å². The number of halogens is 3. The molecule has 1 aliphatic carbocycles. The highest BCUT2D eigenvalue weighted by Gasteiger charge is 2.37. The molecule has 1 aromatic carbocycles. The third-order valence-electron chi connectivity index (χ3n) is 3.99. The van der Waals surface area contributed by atoms with Crippen LogP contribution in [-0.4, -0.2) is 49.6 Å². The molecule has 2 rings (SSSR count). The number of hydrogen-bond donors (Lipinski definition) is 2. The molecule has 0 aliphatic heterocycles. The van der Waals surface area contributed by atoms with E-state index in [1.807, 2.05) is 6.92 Å². The highest BCUT2D eigenvalue weighted by molar-refractivity contribution is 7.89. The van der Waals surface area contributed by atoms with Gasteiger partial charge in [-0.25, -0.2) is 17.5 Å². The molecule has 2 N–H and O–H groups in total.